The van der Waals surface area contributed by atoms with Gasteiger partial charge in [-0.05, 0) is 86.4 Å². The first-order chi connectivity index (χ1) is 10.9. The Morgan fingerprint density at radius 3 is 2.43 bits per heavy atom. The molecule has 4 saturated carbocycles. The highest BCUT2D eigenvalue weighted by atomic mass is 16.1. The molecule has 4 fully saturated rings. The van der Waals surface area contributed by atoms with Gasteiger partial charge >= 0.3 is 0 Å². The third-order valence-corrected chi connectivity index (χ3v) is 8.97. The van der Waals surface area contributed by atoms with Crippen molar-refractivity contribution in [2.75, 3.05) is 0 Å². The Bertz CT molecular complexity index is 538. The molecule has 4 aliphatic rings. The number of carbonyl (C=O) groups is 2. The molecule has 0 saturated heterocycles. The van der Waals surface area contributed by atoms with Gasteiger partial charge in [0, 0.05) is 18.8 Å². The fourth-order valence-corrected chi connectivity index (χ4v) is 7.71. The smallest absolute Gasteiger partial charge is 0.133 e. The maximum atomic E-state index is 12.2. The van der Waals surface area contributed by atoms with Gasteiger partial charge in [-0.1, -0.05) is 13.8 Å². The maximum absolute atomic E-state index is 12.2. The molecule has 0 aromatic rings. The number of hydrogen-bond donors (Lipinski definition) is 0. The van der Waals surface area contributed by atoms with Crippen LogP contribution < -0.4 is 0 Å². The average molecular weight is 316 g/mol. The van der Waals surface area contributed by atoms with E-state index in [2.05, 4.69) is 13.8 Å². The molecule has 0 amide bonds. The zero-order chi connectivity index (χ0) is 16.4. The minimum absolute atomic E-state index is 0.265. The standard InChI is InChI=1S/C21H32O2/c1-13(22)17-6-7-18-16-5-4-14-12-15(23)8-10-20(14,2)19(16)9-11-21(17,18)3/h14,16-19H,4-12H2,1-3H3/t14-,16-,17-,18+,19-,20-,21-/m0/s1. The Hall–Kier alpha value is -0.660. The molecule has 0 spiro atoms. The molecule has 23 heavy (non-hydrogen) atoms. The van der Waals surface area contributed by atoms with Crippen molar-refractivity contribution < 1.29 is 9.59 Å². The Morgan fingerprint density at radius 2 is 1.70 bits per heavy atom. The summed E-state index contributed by atoms with van der Waals surface area (Å²) in [5.41, 5.74) is 0.660. The van der Waals surface area contributed by atoms with Crippen LogP contribution in [0.1, 0.15) is 78.6 Å². The van der Waals surface area contributed by atoms with E-state index in [1.54, 1.807) is 0 Å². The number of ketones is 2. The first-order valence-electron chi connectivity index (χ1n) is 9.88. The molecule has 4 aliphatic carbocycles. The molecule has 0 aromatic heterocycles. The van der Waals surface area contributed by atoms with Crippen LogP contribution in [-0.4, -0.2) is 11.6 Å². The van der Waals surface area contributed by atoms with Crippen molar-refractivity contribution in [3.05, 3.63) is 0 Å². The molecule has 0 N–H and O–H groups in total. The monoisotopic (exact) mass is 316 g/mol. The summed E-state index contributed by atoms with van der Waals surface area (Å²) in [6, 6.07) is 0. The van der Waals surface area contributed by atoms with Gasteiger partial charge in [-0.25, -0.2) is 0 Å². The van der Waals surface area contributed by atoms with E-state index in [9.17, 15) is 9.59 Å². The van der Waals surface area contributed by atoms with Crippen LogP contribution in [-0.2, 0) is 9.59 Å². The molecule has 0 radical (unpaired) electrons. The van der Waals surface area contributed by atoms with Gasteiger partial charge in [-0.2, -0.15) is 0 Å². The normalized spacial score (nSPS) is 52.5. The van der Waals surface area contributed by atoms with Crippen molar-refractivity contribution in [1.82, 2.24) is 0 Å². The number of carbonyl (C=O) groups excluding carboxylic acids is 2. The summed E-state index contributed by atoms with van der Waals surface area (Å²) >= 11 is 0. The number of fused-ring (bicyclic) bond motifs is 5. The summed E-state index contributed by atoms with van der Waals surface area (Å²) in [4.78, 5) is 24.1. The first-order valence-corrected chi connectivity index (χ1v) is 9.88. The largest absolute Gasteiger partial charge is 0.300 e. The molecule has 0 aromatic carbocycles. The van der Waals surface area contributed by atoms with E-state index >= 15 is 0 Å². The Balaban J connectivity index is 1.63. The molecule has 4 rings (SSSR count). The third-order valence-electron chi connectivity index (χ3n) is 8.97. The lowest BCUT2D eigenvalue weighted by atomic mass is 9.44. The number of hydrogen-bond acceptors (Lipinski definition) is 2. The van der Waals surface area contributed by atoms with E-state index in [0.29, 0.717) is 28.8 Å². The highest BCUT2D eigenvalue weighted by Gasteiger charge is 2.60. The van der Waals surface area contributed by atoms with E-state index in [0.717, 1.165) is 43.4 Å². The van der Waals surface area contributed by atoms with Crippen molar-refractivity contribution in [3.63, 3.8) is 0 Å². The van der Waals surface area contributed by atoms with Crippen molar-refractivity contribution >= 4 is 11.6 Å². The van der Waals surface area contributed by atoms with Crippen molar-refractivity contribution in [2.45, 2.75) is 78.6 Å². The third kappa shape index (κ3) is 2.12. The van der Waals surface area contributed by atoms with Crippen LogP contribution in [0.5, 0.6) is 0 Å². The molecule has 0 bridgehead atoms. The molecular weight excluding hydrogens is 284 g/mol. The second kappa shape index (κ2) is 5.17. The minimum atomic E-state index is 0.265. The first kappa shape index (κ1) is 15.8. The average Bonchev–Trinajstić information content (AvgIpc) is 2.85. The van der Waals surface area contributed by atoms with Gasteiger partial charge in [-0.3, -0.25) is 9.59 Å². The highest BCUT2D eigenvalue weighted by Crippen LogP contribution is 2.67. The zero-order valence-electron chi connectivity index (χ0n) is 15.1. The topological polar surface area (TPSA) is 34.1 Å². The van der Waals surface area contributed by atoms with Crippen LogP contribution in [0.2, 0.25) is 0 Å². The van der Waals surface area contributed by atoms with Crippen molar-refractivity contribution in [3.8, 4) is 0 Å². The predicted molar refractivity (Wildman–Crippen MR) is 90.9 cm³/mol. The Kier molecular flexibility index (Phi) is 3.56. The zero-order valence-corrected chi connectivity index (χ0v) is 15.1. The fraction of sp³-hybridized carbons (Fsp3) is 0.905. The minimum Gasteiger partial charge on any atom is -0.300 e. The van der Waals surface area contributed by atoms with Gasteiger partial charge in [0.25, 0.3) is 0 Å². The summed E-state index contributed by atoms with van der Waals surface area (Å²) < 4.78 is 0. The van der Waals surface area contributed by atoms with Gasteiger partial charge in [-0.15, -0.1) is 0 Å². The summed E-state index contributed by atoms with van der Waals surface area (Å²) in [5, 5.41) is 0. The second-order valence-corrected chi connectivity index (χ2v) is 9.68. The van der Waals surface area contributed by atoms with E-state index < -0.39 is 0 Å². The lowest BCUT2D eigenvalue weighted by molar-refractivity contribution is -0.143. The predicted octanol–water partition coefficient (Wildman–Crippen LogP) is 4.80. The fourth-order valence-electron chi connectivity index (χ4n) is 7.71. The van der Waals surface area contributed by atoms with Gasteiger partial charge in [0.05, 0.1) is 0 Å². The van der Waals surface area contributed by atoms with Crippen LogP contribution in [0.4, 0.5) is 0 Å². The van der Waals surface area contributed by atoms with E-state index in [1.807, 2.05) is 6.92 Å². The molecule has 128 valence electrons. The van der Waals surface area contributed by atoms with E-state index in [1.165, 1.54) is 32.1 Å². The van der Waals surface area contributed by atoms with Gasteiger partial charge in [0.15, 0.2) is 0 Å². The van der Waals surface area contributed by atoms with E-state index in [4.69, 9.17) is 0 Å². The molecule has 2 heteroatoms. The summed E-state index contributed by atoms with van der Waals surface area (Å²) in [6.07, 6.45) is 10.3. The van der Waals surface area contributed by atoms with E-state index in [-0.39, 0.29) is 5.41 Å². The van der Waals surface area contributed by atoms with Crippen molar-refractivity contribution in [2.24, 2.45) is 40.4 Å². The summed E-state index contributed by atoms with van der Waals surface area (Å²) in [5.74, 6) is 4.25. The summed E-state index contributed by atoms with van der Waals surface area (Å²) in [7, 11) is 0. The summed E-state index contributed by atoms with van der Waals surface area (Å²) in [6.45, 7) is 6.74. The molecule has 2 nitrogen and oxygen atoms in total. The van der Waals surface area contributed by atoms with Crippen LogP contribution in [0, 0.1) is 40.4 Å². The molecule has 0 heterocycles. The molecule has 0 aliphatic heterocycles. The van der Waals surface area contributed by atoms with Gasteiger partial charge < -0.3 is 0 Å². The van der Waals surface area contributed by atoms with Crippen LogP contribution in [0.25, 0.3) is 0 Å². The SMILES string of the molecule is CC(=O)[C@@H]1CC[C@@H]2[C@@H]3CC[C@H]4CC(=O)CC[C@]4(C)[C@H]3CC[C@]21C. The van der Waals surface area contributed by atoms with Crippen molar-refractivity contribution in [1.29, 1.82) is 0 Å². The number of rotatable bonds is 1. The molecule has 7 atom stereocenters. The lowest BCUT2D eigenvalue weighted by Crippen LogP contribution is -2.53. The molecule has 0 unspecified atom stereocenters. The van der Waals surface area contributed by atoms with Crippen LogP contribution in [0.15, 0.2) is 0 Å². The highest BCUT2D eigenvalue weighted by molar-refractivity contribution is 5.80. The van der Waals surface area contributed by atoms with Crippen LogP contribution in [0.3, 0.4) is 0 Å². The Morgan fingerprint density at radius 1 is 0.957 bits per heavy atom. The van der Waals surface area contributed by atoms with Gasteiger partial charge in [0.2, 0.25) is 0 Å². The van der Waals surface area contributed by atoms with Crippen LogP contribution >= 0.6 is 0 Å². The number of Topliss-reactive ketones (excluding diaryl/α,β-unsaturated/α-hetero) is 2. The molecular formula is C21H32O2. The maximum Gasteiger partial charge on any atom is 0.133 e. The second-order valence-electron chi connectivity index (χ2n) is 9.68. The lowest BCUT2D eigenvalue weighted by Gasteiger charge is -2.60. The Labute approximate surface area is 140 Å². The quantitative estimate of drug-likeness (QED) is 0.696. The van der Waals surface area contributed by atoms with Gasteiger partial charge in [0.1, 0.15) is 11.6 Å².